The van der Waals surface area contributed by atoms with E-state index in [2.05, 4.69) is 15.8 Å². The monoisotopic (exact) mass is 479 g/mol. The number of benzene rings is 2. The first-order valence-corrected chi connectivity index (χ1v) is 11.9. The molecule has 4 rings (SSSR count). The number of carbonyl (C=O) groups excluding carboxylic acids is 1. The molecule has 0 aliphatic carbocycles. The van der Waals surface area contributed by atoms with E-state index in [0.29, 0.717) is 42.7 Å². The summed E-state index contributed by atoms with van der Waals surface area (Å²) in [5.41, 5.74) is 1.85. The second-order valence-corrected chi connectivity index (χ2v) is 8.77. The normalized spacial score (nSPS) is 17.5. The quantitative estimate of drug-likeness (QED) is 0.433. The van der Waals surface area contributed by atoms with Crippen molar-refractivity contribution in [1.29, 1.82) is 0 Å². The third-order valence-electron chi connectivity index (χ3n) is 6.35. The summed E-state index contributed by atoms with van der Waals surface area (Å²) in [6, 6.07) is 17.2. The fourth-order valence-corrected chi connectivity index (χ4v) is 4.45. The average molecular weight is 480 g/mol. The minimum Gasteiger partial charge on any atom is -0.493 e. The standard InChI is InChI=1S/C27H33N3O5/c1-32-25-9-8-19(12-26(25)33-2)16-29-27(31)14-20-10-11-28-17-21(20)13-22-15-24(35-30-22)18-34-23-6-4-3-5-7-23/h3-9,12,15,20-21,28H,10-11,13-14,16-18H2,1-2H3,(H,29,31)/t20-,21+/m1/s1. The van der Waals surface area contributed by atoms with Crippen molar-refractivity contribution in [2.24, 2.45) is 11.8 Å². The van der Waals surface area contributed by atoms with Crippen LogP contribution in [0.1, 0.15) is 29.9 Å². The Morgan fingerprint density at radius 3 is 2.71 bits per heavy atom. The summed E-state index contributed by atoms with van der Waals surface area (Å²) in [6.45, 7) is 2.56. The van der Waals surface area contributed by atoms with Crippen LogP contribution in [0.4, 0.5) is 0 Å². The molecule has 1 amide bonds. The molecule has 35 heavy (non-hydrogen) atoms. The van der Waals surface area contributed by atoms with Gasteiger partial charge in [-0.25, -0.2) is 0 Å². The molecule has 1 aliphatic rings. The van der Waals surface area contributed by atoms with Gasteiger partial charge in [-0.15, -0.1) is 0 Å². The van der Waals surface area contributed by atoms with Crippen molar-refractivity contribution in [3.63, 3.8) is 0 Å². The van der Waals surface area contributed by atoms with Crippen LogP contribution in [-0.2, 0) is 24.4 Å². The van der Waals surface area contributed by atoms with Crippen LogP contribution in [0.5, 0.6) is 17.2 Å². The first-order chi connectivity index (χ1) is 17.1. The number of rotatable bonds is 11. The van der Waals surface area contributed by atoms with E-state index in [1.165, 1.54) is 0 Å². The number of carbonyl (C=O) groups is 1. The minimum atomic E-state index is 0.0498. The summed E-state index contributed by atoms with van der Waals surface area (Å²) < 4.78 is 21.8. The van der Waals surface area contributed by atoms with Gasteiger partial charge in [-0.05, 0) is 67.6 Å². The van der Waals surface area contributed by atoms with Gasteiger partial charge >= 0.3 is 0 Å². The SMILES string of the molecule is COc1ccc(CNC(=O)C[C@H]2CCNC[C@@H]2Cc2cc(COc3ccccc3)on2)cc1OC. The van der Waals surface area contributed by atoms with Gasteiger partial charge in [0.05, 0.1) is 19.9 Å². The fraction of sp³-hybridized carbons (Fsp3) is 0.407. The van der Waals surface area contributed by atoms with Crippen LogP contribution in [0.25, 0.3) is 0 Å². The van der Waals surface area contributed by atoms with Crippen molar-refractivity contribution in [3.8, 4) is 17.2 Å². The molecule has 0 bridgehead atoms. The summed E-state index contributed by atoms with van der Waals surface area (Å²) in [7, 11) is 3.21. The Morgan fingerprint density at radius 2 is 1.91 bits per heavy atom. The Bertz CT molecular complexity index is 1090. The van der Waals surface area contributed by atoms with Crippen molar-refractivity contribution in [2.75, 3.05) is 27.3 Å². The van der Waals surface area contributed by atoms with E-state index >= 15 is 0 Å². The lowest BCUT2D eigenvalue weighted by atomic mass is 9.81. The lowest BCUT2D eigenvalue weighted by molar-refractivity contribution is -0.122. The van der Waals surface area contributed by atoms with Gasteiger partial charge in [0.25, 0.3) is 0 Å². The van der Waals surface area contributed by atoms with Crippen molar-refractivity contribution in [3.05, 3.63) is 71.6 Å². The molecule has 2 atom stereocenters. The smallest absolute Gasteiger partial charge is 0.220 e. The zero-order chi connectivity index (χ0) is 24.5. The molecule has 1 aromatic heterocycles. The van der Waals surface area contributed by atoms with Crippen LogP contribution in [0.3, 0.4) is 0 Å². The van der Waals surface area contributed by atoms with Crippen LogP contribution >= 0.6 is 0 Å². The molecule has 0 unspecified atom stereocenters. The van der Waals surface area contributed by atoms with E-state index in [1.54, 1.807) is 14.2 Å². The lowest BCUT2D eigenvalue weighted by Gasteiger charge is -2.31. The number of piperidine rings is 1. The molecule has 2 N–H and O–H groups in total. The highest BCUT2D eigenvalue weighted by molar-refractivity contribution is 5.76. The molecule has 1 saturated heterocycles. The van der Waals surface area contributed by atoms with E-state index in [-0.39, 0.29) is 11.8 Å². The number of hydrogen-bond acceptors (Lipinski definition) is 7. The Hall–Kier alpha value is -3.52. The molecule has 0 radical (unpaired) electrons. The molecule has 2 aromatic carbocycles. The molecule has 1 aliphatic heterocycles. The maximum absolute atomic E-state index is 12.7. The molecule has 2 heterocycles. The molecule has 3 aromatic rings. The zero-order valence-electron chi connectivity index (χ0n) is 20.3. The fourth-order valence-electron chi connectivity index (χ4n) is 4.45. The Labute approximate surface area is 205 Å². The maximum Gasteiger partial charge on any atom is 0.220 e. The zero-order valence-corrected chi connectivity index (χ0v) is 20.3. The molecule has 8 nitrogen and oxygen atoms in total. The number of nitrogens with zero attached hydrogens (tertiary/aromatic N) is 1. The van der Waals surface area contributed by atoms with E-state index < -0.39 is 0 Å². The highest BCUT2D eigenvalue weighted by Gasteiger charge is 2.28. The van der Waals surface area contributed by atoms with Gasteiger partial charge in [-0.1, -0.05) is 29.4 Å². The first kappa shape index (κ1) is 24.6. The van der Waals surface area contributed by atoms with Gasteiger partial charge in [-0.3, -0.25) is 4.79 Å². The highest BCUT2D eigenvalue weighted by atomic mass is 16.5. The second kappa shape index (κ2) is 12.3. The van der Waals surface area contributed by atoms with Gasteiger partial charge in [0.15, 0.2) is 17.3 Å². The molecule has 1 fully saturated rings. The van der Waals surface area contributed by atoms with Gasteiger partial charge in [0.1, 0.15) is 12.4 Å². The first-order valence-electron chi connectivity index (χ1n) is 11.9. The Morgan fingerprint density at radius 1 is 1.09 bits per heavy atom. The summed E-state index contributed by atoms with van der Waals surface area (Å²) in [5.74, 6) is 3.44. The van der Waals surface area contributed by atoms with Crippen LogP contribution in [0.15, 0.2) is 59.1 Å². The number of para-hydroxylation sites is 1. The van der Waals surface area contributed by atoms with E-state index in [0.717, 1.165) is 42.9 Å². The number of aromatic nitrogens is 1. The lowest BCUT2D eigenvalue weighted by Crippen LogP contribution is -2.40. The highest BCUT2D eigenvalue weighted by Crippen LogP contribution is 2.28. The van der Waals surface area contributed by atoms with Crippen LogP contribution in [-0.4, -0.2) is 38.4 Å². The minimum absolute atomic E-state index is 0.0498. The number of hydrogen-bond donors (Lipinski definition) is 2. The molecular formula is C27H33N3O5. The topological polar surface area (TPSA) is 94.9 Å². The van der Waals surface area contributed by atoms with Gasteiger partial charge in [0, 0.05) is 19.0 Å². The predicted octanol–water partition coefficient (Wildman–Crippen LogP) is 3.75. The third kappa shape index (κ3) is 6.99. The van der Waals surface area contributed by atoms with Gasteiger partial charge < -0.3 is 29.4 Å². The van der Waals surface area contributed by atoms with Crippen molar-refractivity contribution >= 4 is 5.91 Å². The molecular weight excluding hydrogens is 446 g/mol. The predicted molar refractivity (Wildman–Crippen MR) is 131 cm³/mol. The van der Waals surface area contributed by atoms with Gasteiger partial charge in [0.2, 0.25) is 5.91 Å². The summed E-state index contributed by atoms with van der Waals surface area (Å²) in [4.78, 5) is 12.7. The molecule has 0 spiro atoms. The van der Waals surface area contributed by atoms with Crippen LogP contribution in [0.2, 0.25) is 0 Å². The summed E-state index contributed by atoms with van der Waals surface area (Å²) in [5, 5.41) is 10.7. The third-order valence-corrected chi connectivity index (χ3v) is 6.35. The Kier molecular flexibility index (Phi) is 8.62. The summed E-state index contributed by atoms with van der Waals surface area (Å²) in [6.07, 6.45) is 2.20. The molecule has 8 heteroatoms. The van der Waals surface area contributed by atoms with E-state index in [1.807, 2.05) is 54.6 Å². The summed E-state index contributed by atoms with van der Waals surface area (Å²) >= 11 is 0. The number of amides is 1. The van der Waals surface area contributed by atoms with E-state index in [4.69, 9.17) is 18.7 Å². The Balaban J connectivity index is 1.28. The molecule has 0 saturated carbocycles. The second-order valence-electron chi connectivity index (χ2n) is 8.77. The van der Waals surface area contributed by atoms with Crippen molar-refractivity contribution in [2.45, 2.75) is 32.4 Å². The average Bonchev–Trinajstić information content (AvgIpc) is 3.35. The van der Waals surface area contributed by atoms with Crippen LogP contribution < -0.4 is 24.8 Å². The number of ether oxygens (including phenoxy) is 3. The number of methoxy groups -OCH3 is 2. The number of nitrogens with one attached hydrogen (secondary N) is 2. The maximum atomic E-state index is 12.7. The van der Waals surface area contributed by atoms with Crippen LogP contribution in [0, 0.1) is 11.8 Å². The van der Waals surface area contributed by atoms with Crippen molar-refractivity contribution in [1.82, 2.24) is 15.8 Å². The van der Waals surface area contributed by atoms with Gasteiger partial charge in [-0.2, -0.15) is 0 Å². The van der Waals surface area contributed by atoms with Crippen molar-refractivity contribution < 1.29 is 23.5 Å². The molecule has 186 valence electrons. The van der Waals surface area contributed by atoms with E-state index in [9.17, 15) is 4.79 Å². The largest absolute Gasteiger partial charge is 0.493 e.